The molecule has 0 aromatic heterocycles. The normalized spacial score (nSPS) is 10.8. The zero-order valence-corrected chi connectivity index (χ0v) is 13.4. The zero-order valence-electron chi connectivity index (χ0n) is 13.4. The molecular formula is C19H17NO4. The SMILES string of the molecule is COc1ccc(C(=O)C=C(C(C)=O)C(=O)Nc2ccccc2)cc1. The summed E-state index contributed by atoms with van der Waals surface area (Å²) in [5.74, 6) is -0.906. The highest BCUT2D eigenvalue weighted by Crippen LogP contribution is 2.14. The Hall–Kier alpha value is -3.21. The molecule has 0 unspecified atom stereocenters. The Labute approximate surface area is 140 Å². The first-order valence-electron chi connectivity index (χ1n) is 7.28. The number of anilines is 1. The number of hydrogen-bond acceptors (Lipinski definition) is 4. The van der Waals surface area contributed by atoms with Crippen molar-refractivity contribution in [3.05, 3.63) is 71.8 Å². The van der Waals surface area contributed by atoms with Crippen LogP contribution in [0.15, 0.2) is 66.2 Å². The van der Waals surface area contributed by atoms with Gasteiger partial charge in [-0.2, -0.15) is 0 Å². The number of hydrogen-bond donors (Lipinski definition) is 1. The second kappa shape index (κ2) is 7.87. The van der Waals surface area contributed by atoms with E-state index in [0.29, 0.717) is 17.0 Å². The average molecular weight is 323 g/mol. The van der Waals surface area contributed by atoms with Crippen molar-refractivity contribution in [1.29, 1.82) is 0 Å². The van der Waals surface area contributed by atoms with Gasteiger partial charge in [0, 0.05) is 17.3 Å². The topological polar surface area (TPSA) is 72.5 Å². The summed E-state index contributed by atoms with van der Waals surface area (Å²) in [6, 6.07) is 15.1. The first-order chi connectivity index (χ1) is 11.5. The van der Waals surface area contributed by atoms with E-state index in [2.05, 4.69) is 5.32 Å². The highest BCUT2D eigenvalue weighted by Gasteiger charge is 2.17. The molecule has 0 spiro atoms. The molecule has 1 amide bonds. The van der Waals surface area contributed by atoms with Crippen molar-refractivity contribution in [3.8, 4) is 5.75 Å². The molecule has 0 atom stereocenters. The fourth-order valence-electron chi connectivity index (χ4n) is 2.02. The molecule has 2 aromatic carbocycles. The van der Waals surface area contributed by atoms with E-state index in [0.717, 1.165) is 6.08 Å². The maximum absolute atomic E-state index is 12.3. The van der Waals surface area contributed by atoms with Gasteiger partial charge in [0.15, 0.2) is 11.6 Å². The number of carbonyl (C=O) groups is 3. The van der Waals surface area contributed by atoms with Gasteiger partial charge < -0.3 is 10.1 Å². The smallest absolute Gasteiger partial charge is 0.259 e. The van der Waals surface area contributed by atoms with Crippen molar-refractivity contribution < 1.29 is 19.1 Å². The van der Waals surface area contributed by atoms with Crippen molar-refractivity contribution >= 4 is 23.2 Å². The molecule has 5 nitrogen and oxygen atoms in total. The van der Waals surface area contributed by atoms with Crippen molar-refractivity contribution in [2.24, 2.45) is 0 Å². The third-order valence-electron chi connectivity index (χ3n) is 3.31. The maximum Gasteiger partial charge on any atom is 0.259 e. The minimum Gasteiger partial charge on any atom is -0.497 e. The predicted molar refractivity (Wildman–Crippen MR) is 91.2 cm³/mol. The number of allylic oxidation sites excluding steroid dienone is 1. The van der Waals surface area contributed by atoms with Crippen LogP contribution >= 0.6 is 0 Å². The second-order valence-electron chi connectivity index (χ2n) is 5.03. The molecule has 0 saturated carbocycles. The Kier molecular flexibility index (Phi) is 5.63. The number of rotatable bonds is 6. The Morgan fingerprint density at radius 2 is 1.58 bits per heavy atom. The van der Waals surface area contributed by atoms with E-state index in [1.54, 1.807) is 48.5 Å². The molecular weight excluding hydrogens is 306 g/mol. The van der Waals surface area contributed by atoms with Gasteiger partial charge in [-0.25, -0.2) is 0 Å². The summed E-state index contributed by atoms with van der Waals surface area (Å²) in [7, 11) is 1.53. The van der Waals surface area contributed by atoms with Crippen molar-refractivity contribution in [2.75, 3.05) is 12.4 Å². The van der Waals surface area contributed by atoms with Gasteiger partial charge in [0.2, 0.25) is 0 Å². The van der Waals surface area contributed by atoms with Crippen molar-refractivity contribution in [1.82, 2.24) is 0 Å². The van der Waals surface area contributed by atoms with Crippen molar-refractivity contribution in [2.45, 2.75) is 6.92 Å². The van der Waals surface area contributed by atoms with Crippen LogP contribution in [0.2, 0.25) is 0 Å². The lowest BCUT2D eigenvalue weighted by molar-refractivity contribution is -0.118. The fourth-order valence-corrected chi connectivity index (χ4v) is 2.02. The molecule has 0 aliphatic carbocycles. The van der Waals surface area contributed by atoms with Crippen LogP contribution in [0, 0.1) is 0 Å². The lowest BCUT2D eigenvalue weighted by Crippen LogP contribution is -2.20. The number of ether oxygens (including phenoxy) is 1. The summed E-state index contributed by atoms with van der Waals surface area (Å²) in [6.45, 7) is 1.25. The molecule has 24 heavy (non-hydrogen) atoms. The summed E-state index contributed by atoms with van der Waals surface area (Å²) in [5, 5.41) is 2.60. The summed E-state index contributed by atoms with van der Waals surface area (Å²) in [6.07, 6.45) is 1.06. The summed E-state index contributed by atoms with van der Waals surface area (Å²) in [5.41, 5.74) is 0.716. The number of amides is 1. The largest absolute Gasteiger partial charge is 0.497 e. The van der Waals surface area contributed by atoms with E-state index in [1.165, 1.54) is 14.0 Å². The number of para-hydroxylation sites is 1. The van der Waals surface area contributed by atoms with Gasteiger partial charge in [-0.15, -0.1) is 0 Å². The van der Waals surface area contributed by atoms with Gasteiger partial charge >= 0.3 is 0 Å². The molecule has 1 N–H and O–H groups in total. The monoisotopic (exact) mass is 323 g/mol. The molecule has 2 aromatic rings. The van der Waals surface area contributed by atoms with Gasteiger partial charge in [-0.3, -0.25) is 14.4 Å². The van der Waals surface area contributed by atoms with Gasteiger partial charge in [-0.05, 0) is 43.3 Å². The Morgan fingerprint density at radius 3 is 2.12 bits per heavy atom. The van der Waals surface area contributed by atoms with Crippen LogP contribution in [-0.4, -0.2) is 24.6 Å². The predicted octanol–water partition coefficient (Wildman–Crippen LogP) is 3.03. The molecule has 0 bridgehead atoms. The number of methoxy groups -OCH3 is 1. The standard InChI is InChI=1S/C19H17NO4/c1-13(21)17(19(23)20-15-6-4-3-5-7-15)12-18(22)14-8-10-16(24-2)11-9-14/h3-12H,1-2H3,(H,20,23). The van der Waals surface area contributed by atoms with E-state index < -0.39 is 17.5 Å². The second-order valence-corrected chi connectivity index (χ2v) is 5.03. The van der Waals surface area contributed by atoms with E-state index in [4.69, 9.17) is 4.74 Å². The molecule has 5 heteroatoms. The molecule has 0 heterocycles. The number of benzene rings is 2. The number of ketones is 2. The van der Waals surface area contributed by atoms with Crippen LogP contribution in [0.3, 0.4) is 0 Å². The molecule has 0 aliphatic rings. The minimum absolute atomic E-state index is 0.195. The van der Waals surface area contributed by atoms with Gasteiger partial charge in [0.05, 0.1) is 12.7 Å². The van der Waals surface area contributed by atoms with E-state index in [-0.39, 0.29) is 5.57 Å². The Bertz CT molecular complexity index is 777. The molecule has 0 aliphatic heterocycles. The Balaban J connectivity index is 2.21. The van der Waals surface area contributed by atoms with Crippen LogP contribution < -0.4 is 10.1 Å². The van der Waals surface area contributed by atoms with Crippen LogP contribution in [0.25, 0.3) is 0 Å². The van der Waals surface area contributed by atoms with Crippen molar-refractivity contribution in [3.63, 3.8) is 0 Å². The molecule has 122 valence electrons. The van der Waals surface area contributed by atoms with Gasteiger partial charge in [-0.1, -0.05) is 18.2 Å². The quantitative estimate of drug-likeness (QED) is 0.384. The Morgan fingerprint density at radius 1 is 0.958 bits per heavy atom. The zero-order chi connectivity index (χ0) is 17.5. The lowest BCUT2D eigenvalue weighted by Gasteiger charge is -2.06. The van der Waals surface area contributed by atoms with Gasteiger partial charge in [0.1, 0.15) is 5.75 Å². The number of nitrogens with one attached hydrogen (secondary N) is 1. The van der Waals surface area contributed by atoms with Gasteiger partial charge in [0.25, 0.3) is 5.91 Å². The number of carbonyl (C=O) groups excluding carboxylic acids is 3. The summed E-state index contributed by atoms with van der Waals surface area (Å²) >= 11 is 0. The van der Waals surface area contributed by atoms with Crippen LogP contribution in [0.4, 0.5) is 5.69 Å². The highest BCUT2D eigenvalue weighted by atomic mass is 16.5. The minimum atomic E-state index is -0.615. The molecule has 0 fully saturated rings. The molecule has 0 radical (unpaired) electrons. The average Bonchev–Trinajstić information content (AvgIpc) is 2.60. The highest BCUT2D eigenvalue weighted by molar-refractivity contribution is 6.26. The van der Waals surface area contributed by atoms with Crippen LogP contribution in [0.1, 0.15) is 17.3 Å². The lowest BCUT2D eigenvalue weighted by atomic mass is 10.0. The fraction of sp³-hybridized carbons (Fsp3) is 0.105. The third kappa shape index (κ3) is 4.39. The first-order valence-corrected chi connectivity index (χ1v) is 7.28. The van der Waals surface area contributed by atoms with E-state index >= 15 is 0 Å². The third-order valence-corrected chi connectivity index (χ3v) is 3.31. The summed E-state index contributed by atoms with van der Waals surface area (Å²) < 4.78 is 5.03. The van der Waals surface area contributed by atoms with E-state index in [9.17, 15) is 14.4 Å². The maximum atomic E-state index is 12.3. The molecule has 0 saturated heterocycles. The van der Waals surface area contributed by atoms with Crippen LogP contribution in [0.5, 0.6) is 5.75 Å². The summed E-state index contributed by atoms with van der Waals surface area (Å²) in [4.78, 5) is 36.3. The molecule has 2 rings (SSSR count). The van der Waals surface area contributed by atoms with E-state index in [1.807, 2.05) is 6.07 Å². The number of Topliss-reactive ketones (excluding diaryl/α,β-unsaturated/α-hetero) is 1. The van der Waals surface area contributed by atoms with Crippen LogP contribution in [-0.2, 0) is 9.59 Å². The first kappa shape index (κ1) is 17.1.